The third kappa shape index (κ3) is 4.86. The molecule has 1 saturated heterocycles. The molecule has 0 saturated carbocycles. The highest BCUT2D eigenvalue weighted by molar-refractivity contribution is 6.99. The molecule has 1 aromatic heterocycles. The van der Waals surface area contributed by atoms with Gasteiger partial charge in [-0.05, 0) is 56.5 Å². The van der Waals surface area contributed by atoms with E-state index >= 15 is 0 Å². The highest BCUT2D eigenvalue weighted by Crippen LogP contribution is 2.38. The van der Waals surface area contributed by atoms with Gasteiger partial charge in [0, 0.05) is 18.5 Å². The molecule has 0 atom stereocenters. The Bertz CT molecular complexity index is 1100. The molecule has 4 rings (SSSR count). The fraction of sp³-hybridized carbons (Fsp3) is 0.483. The molecule has 0 bridgehead atoms. The number of nitrogens with zero attached hydrogens (tertiary/aromatic N) is 1. The number of rotatable bonds is 8. The second-order valence-corrected chi connectivity index (χ2v) is 16.1. The summed E-state index contributed by atoms with van der Waals surface area (Å²) in [5, 5.41) is 6.78. The van der Waals surface area contributed by atoms with Crippen LogP contribution in [-0.2, 0) is 20.2 Å². The highest BCUT2D eigenvalue weighted by Gasteiger charge is 2.53. The van der Waals surface area contributed by atoms with E-state index in [-0.39, 0.29) is 5.04 Å². The number of hydrogen-bond donors (Lipinski definition) is 0. The van der Waals surface area contributed by atoms with E-state index in [2.05, 4.69) is 114 Å². The Morgan fingerprint density at radius 2 is 1.36 bits per heavy atom. The van der Waals surface area contributed by atoms with Crippen molar-refractivity contribution in [2.24, 2.45) is 0 Å². The minimum absolute atomic E-state index is 0.0492. The smallest absolute Gasteiger partial charge is 0.407 e. The summed E-state index contributed by atoms with van der Waals surface area (Å²) in [6.07, 6.45) is 1.52. The number of aromatic nitrogens is 1. The summed E-state index contributed by atoms with van der Waals surface area (Å²) in [6.45, 7) is 17.7. The van der Waals surface area contributed by atoms with Gasteiger partial charge in [-0.3, -0.25) is 0 Å². The Kier molecular flexibility index (Phi) is 7.41. The van der Waals surface area contributed by atoms with Crippen LogP contribution in [0.5, 0.6) is 0 Å². The van der Waals surface area contributed by atoms with Crippen LogP contribution in [0, 0.1) is 6.92 Å². The Morgan fingerprint density at radius 3 is 1.83 bits per heavy atom. The first-order valence-electron chi connectivity index (χ1n) is 12.9. The second kappa shape index (κ2) is 9.94. The molecular weight excluding hydrogens is 465 g/mol. The van der Waals surface area contributed by atoms with Crippen LogP contribution >= 0.6 is 0 Å². The van der Waals surface area contributed by atoms with Crippen molar-refractivity contribution < 1.29 is 18.3 Å². The largest absolute Gasteiger partial charge is 0.500 e. The summed E-state index contributed by atoms with van der Waals surface area (Å²) in [5.74, 6) is 0.817. The van der Waals surface area contributed by atoms with Crippen molar-refractivity contribution in [1.82, 2.24) is 5.16 Å². The van der Waals surface area contributed by atoms with Gasteiger partial charge in [0.25, 0.3) is 8.32 Å². The Hall–Kier alpha value is -2.19. The minimum Gasteiger partial charge on any atom is -0.407 e. The SMILES string of the molecule is Cc1noc(CCCO[Si](c2ccccc2)(c2ccccc2)C(C)(C)C)c1B1OC(C)(C)C(C)(C)O1. The monoisotopic (exact) mass is 505 g/mol. The topological polar surface area (TPSA) is 53.7 Å². The molecule has 0 N–H and O–H groups in total. The molecular formula is C29H40BNO4Si. The molecule has 3 aromatic rings. The van der Waals surface area contributed by atoms with E-state index in [9.17, 15) is 0 Å². The lowest BCUT2D eigenvalue weighted by molar-refractivity contribution is 0.00578. The van der Waals surface area contributed by atoms with Crippen LogP contribution in [0.3, 0.4) is 0 Å². The zero-order valence-corrected chi connectivity index (χ0v) is 24.1. The zero-order valence-electron chi connectivity index (χ0n) is 23.1. The first-order chi connectivity index (χ1) is 16.9. The number of hydrogen-bond acceptors (Lipinski definition) is 5. The van der Waals surface area contributed by atoms with Gasteiger partial charge in [0.05, 0.1) is 16.9 Å². The predicted molar refractivity (Wildman–Crippen MR) is 149 cm³/mol. The normalized spacial score (nSPS) is 17.5. The maximum Gasteiger partial charge on any atom is 0.500 e. The zero-order chi connectivity index (χ0) is 26.2. The molecule has 36 heavy (non-hydrogen) atoms. The third-order valence-corrected chi connectivity index (χ3v) is 12.8. The summed E-state index contributed by atoms with van der Waals surface area (Å²) >= 11 is 0. The fourth-order valence-corrected chi connectivity index (χ4v) is 9.69. The van der Waals surface area contributed by atoms with Gasteiger partial charge in [-0.2, -0.15) is 0 Å². The molecule has 0 spiro atoms. The van der Waals surface area contributed by atoms with Crippen molar-refractivity contribution in [3.05, 3.63) is 72.1 Å². The van der Waals surface area contributed by atoms with Gasteiger partial charge >= 0.3 is 7.12 Å². The molecule has 2 heterocycles. The van der Waals surface area contributed by atoms with Gasteiger partial charge in [-0.1, -0.05) is 86.6 Å². The van der Waals surface area contributed by atoms with E-state index in [0.717, 1.165) is 23.3 Å². The minimum atomic E-state index is -2.56. The van der Waals surface area contributed by atoms with E-state index in [1.807, 2.05) is 6.92 Å². The fourth-order valence-electron chi connectivity index (χ4n) is 5.09. The second-order valence-electron chi connectivity index (χ2n) is 11.8. The first kappa shape index (κ1) is 26.9. The molecule has 0 radical (unpaired) electrons. The van der Waals surface area contributed by atoms with Crippen LogP contribution in [0.15, 0.2) is 65.2 Å². The summed E-state index contributed by atoms with van der Waals surface area (Å²) < 4.78 is 25.4. The molecule has 7 heteroatoms. The maximum absolute atomic E-state index is 7.04. The van der Waals surface area contributed by atoms with Crippen molar-refractivity contribution in [1.29, 1.82) is 0 Å². The van der Waals surface area contributed by atoms with Crippen LogP contribution in [0.1, 0.15) is 66.3 Å². The van der Waals surface area contributed by atoms with E-state index in [1.54, 1.807) is 0 Å². The van der Waals surface area contributed by atoms with Crippen LogP contribution < -0.4 is 15.8 Å². The summed E-state index contributed by atoms with van der Waals surface area (Å²) in [4.78, 5) is 0. The molecule has 1 aliphatic heterocycles. The molecule has 0 aliphatic carbocycles. The van der Waals surface area contributed by atoms with Gasteiger partial charge in [0.15, 0.2) is 0 Å². The highest BCUT2D eigenvalue weighted by atomic mass is 28.4. The van der Waals surface area contributed by atoms with Crippen LogP contribution in [0.4, 0.5) is 0 Å². The summed E-state index contributed by atoms with van der Waals surface area (Å²) in [6, 6.07) is 21.5. The van der Waals surface area contributed by atoms with E-state index in [1.165, 1.54) is 10.4 Å². The molecule has 0 amide bonds. The van der Waals surface area contributed by atoms with Crippen molar-refractivity contribution in [2.45, 2.75) is 84.5 Å². The average molecular weight is 506 g/mol. The molecule has 192 valence electrons. The van der Waals surface area contributed by atoms with Crippen LogP contribution in [0.2, 0.25) is 5.04 Å². The average Bonchev–Trinajstić information content (AvgIpc) is 3.28. The van der Waals surface area contributed by atoms with Crippen molar-refractivity contribution in [3.8, 4) is 0 Å². The third-order valence-electron chi connectivity index (χ3n) is 7.76. The van der Waals surface area contributed by atoms with E-state index < -0.39 is 26.6 Å². The Morgan fingerprint density at radius 1 is 0.861 bits per heavy atom. The molecule has 0 unspecified atom stereocenters. The Balaban J connectivity index is 1.55. The van der Waals surface area contributed by atoms with E-state index in [4.69, 9.17) is 18.3 Å². The van der Waals surface area contributed by atoms with Crippen molar-refractivity contribution >= 4 is 31.3 Å². The molecule has 2 aromatic carbocycles. The molecule has 1 fully saturated rings. The van der Waals surface area contributed by atoms with Crippen molar-refractivity contribution in [3.63, 3.8) is 0 Å². The Labute approximate surface area is 217 Å². The number of benzene rings is 2. The van der Waals surface area contributed by atoms with Gasteiger partial charge in [-0.15, -0.1) is 0 Å². The standard InChI is InChI=1S/C29H40BNO4Si/c1-22-26(30-34-28(5,6)29(7,8)35-30)25(33-31-22)20-15-21-32-36(27(2,3)4,23-16-11-9-12-17-23)24-18-13-10-14-19-24/h9-14,16-19H,15,20-21H2,1-8H3. The summed E-state index contributed by atoms with van der Waals surface area (Å²) in [5.41, 5.74) is 0.909. The molecule has 1 aliphatic rings. The quantitative estimate of drug-likeness (QED) is 0.326. The number of aryl methyl sites for hydroxylation is 2. The van der Waals surface area contributed by atoms with Crippen molar-refractivity contribution in [2.75, 3.05) is 6.61 Å². The van der Waals surface area contributed by atoms with E-state index in [0.29, 0.717) is 13.0 Å². The molecule has 5 nitrogen and oxygen atoms in total. The lowest BCUT2D eigenvalue weighted by Gasteiger charge is -2.43. The predicted octanol–water partition coefficient (Wildman–Crippen LogP) is 4.79. The summed E-state index contributed by atoms with van der Waals surface area (Å²) in [7, 11) is -3.03. The first-order valence-corrected chi connectivity index (χ1v) is 14.9. The van der Waals surface area contributed by atoms with Gasteiger partial charge < -0.3 is 18.3 Å². The maximum atomic E-state index is 7.04. The lowest BCUT2D eigenvalue weighted by atomic mass is 9.76. The van der Waals surface area contributed by atoms with Gasteiger partial charge in [0.1, 0.15) is 5.76 Å². The van der Waals surface area contributed by atoms with Crippen LogP contribution in [0.25, 0.3) is 0 Å². The lowest BCUT2D eigenvalue weighted by Crippen LogP contribution is -2.66. The van der Waals surface area contributed by atoms with Crippen LogP contribution in [-0.4, -0.2) is 38.4 Å². The van der Waals surface area contributed by atoms with Gasteiger partial charge in [-0.25, -0.2) is 0 Å². The van der Waals surface area contributed by atoms with Gasteiger partial charge in [0.2, 0.25) is 0 Å².